The number of nitrogens with one attached hydrogen (secondary N) is 1. The summed E-state index contributed by atoms with van der Waals surface area (Å²) in [5.41, 5.74) is 8.64. The number of para-hydroxylation sites is 1. The molecule has 0 saturated carbocycles. The number of carbonyl (C=O) groups excluding carboxylic acids is 1. The number of ether oxygens (including phenoxy) is 1. The number of hydrogen-bond donors (Lipinski definition) is 2. The fraction of sp³-hybridized carbons (Fsp3) is 0.188. The monoisotopic (exact) mass is 270 g/mol. The van der Waals surface area contributed by atoms with Crippen LogP contribution in [0.5, 0.6) is 5.75 Å². The van der Waals surface area contributed by atoms with Crippen LogP contribution in [0.4, 0.5) is 11.4 Å². The normalized spacial score (nSPS) is 10.1. The fourth-order valence-electron chi connectivity index (χ4n) is 1.88. The third-order valence-electron chi connectivity index (χ3n) is 2.97. The maximum Gasteiger partial charge on any atom is 0.255 e. The molecule has 0 aliphatic rings. The number of hydrogen-bond acceptors (Lipinski definition) is 3. The van der Waals surface area contributed by atoms with Crippen molar-refractivity contribution < 1.29 is 9.53 Å². The SMILES string of the molecule is CCOc1ccc(C(=O)Nc2ccccc2C)cc1N. The highest BCUT2D eigenvalue weighted by Gasteiger charge is 2.10. The number of anilines is 2. The molecule has 0 bridgehead atoms. The molecule has 0 radical (unpaired) electrons. The first kappa shape index (κ1) is 13.9. The summed E-state index contributed by atoms with van der Waals surface area (Å²) in [4.78, 5) is 12.2. The van der Waals surface area contributed by atoms with E-state index in [-0.39, 0.29) is 5.91 Å². The average molecular weight is 270 g/mol. The number of rotatable bonds is 4. The van der Waals surface area contributed by atoms with Gasteiger partial charge in [-0.1, -0.05) is 18.2 Å². The standard InChI is InChI=1S/C16H18N2O2/c1-3-20-15-9-8-12(10-13(15)17)16(19)18-14-7-5-4-6-11(14)2/h4-10H,3,17H2,1-2H3,(H,18,19). The Morgan fingerprint density at radius 2 is 2.00 bits per heavy atom. The van der Waals surface area contributed by atoms with Crippen LogP contribution < -0.4 is 15.8 Å². The molecule has 2 aromatic carbocycles. The molecule has 0 unspecified atom stereocenters. The highest BCUT2D eigenvalue weighted by atomic mass is 16.5. The number of nitrogens with two attached hydrogens (primary N) is 1. The number of benzene rings is 2. The second kappa shape index (κ2) is 6.10. The molecular weight excluding hydrogens is 252 g/mol. The van der Waals surface area contributed by atoms with Crippen molar-refractivity contribution in [1.29, 1.82) is 0 Å². The summed E-state index contributed by atoms with van der Waals surface area (Å²) in [5.74, 6) is 0.411. The lowest BCUT2D eigenvalue weighted by Crippen LogP contribution is -2.13. The third-order valence-corrected chi connectivity index (χ3v) is 2.97. The van der Waals surface area contributed by atoms with E-state index in [2.05, 4.69) is 5.32 Å². The van der Waals surface area contributed by atoms with E-state index in [1.807, 2.05) is 38.1 Å². The minimum atomic E-state index is -0.186. The Balaban J connectivity index is 2.18. The maximum atomic E-state index is 12.2. The summed E-state index contributed by atoms with van der Waals surface area (Å²) in [6.07, 6.45) is 0. The Morgan fingerprint density at radius 1 is 1.25 bits per heavy atom. The first-order valence-electron chi connectivity index (χ1n) is 6.51. The molecule has 0 aliphatic carbocycles. The van der Waals surface area contributed by atoms with Crippen molar-refractivity contribution in [1.82, 2.24) is 0 Å². The number of amides is 1. The molecular formula is C16H18N2O2. The lowest BCUT2D eigenvalue weighted by Gasteiger charge is -2.10. The van der Waals surface area contributed by atoms with Gasteiger partial charge in [-0.3, -0.25) is 4.79 Å². The van der Waals surface area contributed by atoms with Crippen molar-refractivity contribution in [3.63, 3.8) is 0 Å². The highest BCUT2D eigenvalue weighted by Crippen LogP contribution is 2.23. The van der Waals surface area contributed by atoms with Crippen LogP contribution in [0.25, 0.3) is 0 Å². The van der Waals surface area contributed by atoms with Gasteiger partial charge < -0.3 is 15.8 Å². The number of carbonyl (C=O) groups is 1. The zero-order valence-electron chi connectivity index (χ0n) is 11.6. The molecule has 1 amide bonds. The van der Waals surface area contributed by atoms with Gasteiger partial charge in [0.05, 0.1) is 12.3 Å². The zero-order chi connectivity index (χ0) is 14.5. The summed E-state index contributed by atoms with van der Waals surface area (Å²) >= 11 is 0. The van der Waals surface area contributed by atoms with Crippen molar-refractivity contribution in [3.05, 3.63) is 53.6 Å². The van der Waals surface area contributed by atoms with Crippen molar-refractivity contribution in [3.8, 4) is 5.75 Å². The molecule has 0 heterocycles. The second-order valence-corrected chi connectivity index (χ2v) is 4.45. The third kappa shape index (κ3) is 3.09. The van der Waals surface area contributed by atoms with Gasteiger partial charge in [-0.2, -0.15) is 0 Å². The molecule has 0 spiro atoms. The Bertz CT molecular complexity index is 624. The topological polar surface area (TPSA) is 64.3 Å². The van der Waals surface area contributed by atoms with Gasteiger partial charge in [0.15, 0.2) is 0 Å². The second-order valence-electron chi connectivity index (χ2n) is 4.45. The van der Waals surface area contributed by atoms with Gasteiger partial charge in [0, 0.05) is 11.3 Å². The first-order valence-corrected chi connectivity index (χ1v) is 6.51. The molecule has 4 heteroatoms. The molecule has 2 rings (SSSR count). The molecule has 3 N–H and O–H groups in total. The summed E-state index contributed by atoms with van der Waals surface area (Å²) in [6.45, 7) is 4.37. The molecule has 0 atom stereocenters. The minimum Gasteiger partial charge on any atom is -0.492 e. The molecule has 0 aromatic heterocycles. The van der Waals surface area contributed by atoms with E-state index >= 15 is 0 Å². The molecule has 104 valence electrons. The van der Waals surface area contributed by atoms with Gasteiger partial charge in [0.25, 0.3) is 5.91 Å². The van der Waals surface area contributed by atoms with Crippen molar-refractivity contribution in [2.45, 2.75) is 13.8 Å². The van der Waals surface area contributed by atoms with E-state index < -0.39 is 0 Å². The number of aryl methyl sites for hydroxylation is 1. The summed E-state index contributed by atoms with van der Waals surface area (Å²) in [7, 11) is 0. The van der Waals surface area contributed by atoms with Gasteiger partial charge in [-0.15, -0.1) is 0 Å². The van der Waals surface area contributed by atoms with E-state index in [0.717, 1.165) is 11.3 Å². The Labute approximate surface area is 118 Å². The Morgan fingerprint density at radius 3 is 2.65 bits per heavy atom. The highest BCUT2D eigenvalue weighted by molar-refractivity contribution is 6.05. The van der Waals surface area contributed by atoms with Gasteiger partial charge in [0.1, 0.15) is 5.75 Å². The van der Waals surface area contributed by atoms with Gasteiger partial charge in [-0.05, 0) is 43.7 Å². The molecule has 2 aromatic rings. The average Bonchev–Trinajstić information content (AvgIpc) is 2.43. The van der Waals surface area contributed by atoms with E-state index in [1.165, 1.54) is 0 Å². The van der Waals surface area contributed by atoms with Crippen molar-refractivity contribution >= 4 is 17.3 Å². The smallest absolute Gasteiger partial charge is 0.255 e. The molecule has 4 nitrogen and oxygen atoms in total. The quantitative estimate of drug-likeness (QED) is 0.838. The predicted octanol–water partition coefficient (Wildman–Crippen LogP) is 3.23. The van der Waals surface area contributed by atoms with Crippen molar-refractivity contribution in [2.75, 3.05) is 17.7 Å². The lowest BCUT2D eigenvalue weighted by atomic mass is 10.1. The largest absolute Gasteiger partial charge is 0.492 e. The molecule has 0 aliphatic heterocycles. The summed E-state index contributed by atoms with van der Waals surface area (Å²) < 4.78 is 5.35. The van der Waals surface area contributed by atoms with Crippen LogP contribution in [0.1, 0.15) is 22.8 Å². The summed E-state index contributed by atoms with van der Waals surface area (Å²) in [6, 6.07) is 12.7. The maximum absolute atomic E-state index is 12.2. The first-order chi connectivity index (χ1) is 9.61. The van der Waals surface area contributed by atoms with Crippen LogP contribution in [0.15, 0.2) is 42.5 Å². The molecule has 0 saturated heterocycles. The number of nitrogen functional groups attached to an aromatic ring is 1. The minimum absolute atomic E-state index is 0.186. The van der Waals surface area contributed by atoms with E-state index in [0.29, 0.717) is 23.6 Å². The predicted molar refractivity (Wildman–Crippen MR) is 81.2 cm³/mol. The van der Waals surface area contributed by atoms with Crippen LogP contribution in [-0.2, 0) is 0 Å². The Hall–Kier alpha value is -2.49. The van der Waals surface area contributed by atoms with Crippen molar-refractivity contribution in [2.24, 2.45) is 0 Å². The Kier molecular flexibility index (Phi) is 4.25. The van der Waals surface area contributed by atoms with Crippen LogP contribution in [0.2, 0.25) is 0 Å². The van der Waals surface area contributed by atoms with Gasteiger partial charge in [-0.25, -0.2) is 0 Å². The van der Waals surface area contributed by atoms with E-state index in [4.69, 9.17) is 10.5 Å². The van der Waals surface area contributed by atoms with Crippen LogP contribution >= 0.6 is 0 Å². The van der Waals surface area contributed by atoms with Gasteiger partial charge >= 0.3 is 0 Å². The molecule has 20 heavy (non-hydrogen) atoms. The van der Waals surface area contributed by atoms with Crippen LogP contribution in [0, 0.1) is 6.92 Å². The van der Waals surface area contributed by atoms with Crippen LogP contribution in [-0.4, -0.2) is 12.5 Å². The van der Waals surface area contributed by atoms with E-state index in [9.17, 15) is 4.79 Å². The molecule has 0 fully saturated rings. The fourth-order valence-corrected chi connectivity index (χ4v) is 1.88. The van der Waals surface area contributed by atoms with E-state index in [1.54, 1.807) is 18.2 Å². The van der Waals surface area contributed by atoms with Gasteiger partial charge in [0.2, 0.25) is 0 Å². The zero-order valence-corrected chi connectivity index (χ0v) is 11.6. The summed E-state index contributed by atoms with van der Waals surface area (Å²) in [5, 5.41) is 2.87. The lowest BCUT2D eigenvalue weighted by molar-refractivity contribution is 0.102. The van der Waals surface area contributed by atoms with Crippen LogP contribution in [0.3, 0.4) is 0 Å².